The number of rotatable bonds is 24. The van der Waals surface area contributed by atoms with Crippen molar-refractivity contribution in [2.24, 2.45) is 0 Å². The van der Waals surface area contributed by atoms with Crippen molar-refractivity contribution in [2.45, 2.75) is 111 Å². The van der Waals surface area contributed by atoms with Crippen LogP contribution < -0.4 is 35.4 Å². The van der Waals surface area contributed by atoms with Gasteiger partial charge >= 0.3 is 18.1 Å². The largest absolute Gasteiger partial charge is 0.481 e. The first kappa shape index (κ1) is 90.3. The highest BCUT2D eigenvalue weighted by Crippen LogP contribution is 2.37. The van der Waals surface area contributed by atoms with Gasteiger partial charge in [0, 0.05) is 126 Å². The maximum absolute atomic E-state index is 14.0. The van der Waals surface area contributed by atoms with Gasteiger partial charge < -0.3 is 38.4 Å². The molecule has 618 valence electrons. The first-order valence-electron chi connectivity index (χ1n) is 37.3. The number of nitriles is 3. The van der Waals surface area contributed by atoms with E-state index in [9.17, 15) is 43.7 Å². The maximum atomic E-state index is 14.0. The Kier molecular flexibility index (Phi) is 34.1. The number of ether oxygens (including phenoxy) is 5. The number of methoxy groups -OCH3 is 5. The minimum absolute atomic E-state index is 0. The van der Waals surface area contributed by atoms with Gasteiger partial charge in [-0.15, -0.1) is 0 Å². The van der Waals surface area contributed by atoms with Crippen LogP contribution in [0.4, 0.5) is 53.7 Å². The Bertz CT molecular complexity index is 4570. The minimum atomic E-state index is -0.797. The molecule has 0 aliphatic carbocycles. The fourth-order valence-corrected chi connectivity index (χ4v) is 15.0. The van der Waals surface area contributed by atoms with Crippen LogP contribution in [0.5, 0.6) is 5.88 Å². The summed E-state index contributed by atoms with van der Waals surface area (Å²) in [6, 6.07) is 15.4. The lowest BCUT2D eigenvalue weighted by Crippen LogP contribution is -2.48. The Hall–Kier alpha value is -10.3. The maximum Gasteiger partial charge on any atom is 0.328 e. The van der Waals surface area contributed by atoms with Gasteiger partial charge in [0.1, 0.15) is 75.9 Å². The van der Waals surface area contributed by atoms with E-state index in [1.807, 2.05) is 63.8 Å². The standard InChI is InChI=1S/C28H37N7O4S.C26H33N7O3S.C24H28FN7O4.2CH4.H2/c1-33-10-11-34(24(36)18-33)17-21-13-20-7-5-9-35(26(20)32-25(21)27(38-2)39-3)28(37)31-23-14-19(8-6-12-40-4)22(15-29)16-30-23;1-31-9-10-32(23(34)17-31)16-20-12-19-6-4-8-33(24(19)30-25(20)36-2)26(35)29-22-13-18(7-5-11-37-3)21(14-27)15-28-22;1-30-7-8-31(20(33)14-30)13-16-9-15-5-4-6-32(22(15)29-21(16)23(35-2)36-3)24(34)28-19-10-18(25)17(11-26)12-27-19;;;/h13-14,16,27H,5-12,17-18H2,1-4H3,(H,30,31,37);12-13,15H,4-11,16-17H2,1-3H3,(H,28,29,35);9-10,12,23H,4-8,13-14H2,1-3H3,(H,27,28,34);2*1H4;1H/i;;;;;1+1. The molecule has 3 fully saturated rings. The van der Waals surface area contributed by atoms with E-state index in [-0.39, 0.29) is 57.4 Å². The molecule has 35 heteroatoms. The second kappa shape index (κ2) is 43.5. The zero-order valence-corrected chi connectivity index (χ0v) is 67.3. The van der Waals surface area contributed by atoms with E-state index in [4.69, 9.17) is 43.9 Å². The van der Waals surface area contributed by atoms with Crippen molar-refractivity contribution in [3.63, 3.8) is 0 Å². The number of carbonyl (C=O) groups is 6. The summed E-state index contributed by atoms with van der Waals surface area (Å²) in [7, 11) is 13.4. The third-order valence-electron chi connectivity index (χ3n) is 20.1. The fraction of sp³-hybridized carbons (Fsp3) is 0.512. The van der Waals surface area contributed by atoms with Crippen LogP contribution in [0.15, 0.2) is 55.0 Å². The molecule has 3 N–H and O–H groups in total. The number of hydrogen-bond acceptors (Lipinski definition) is 25. The van der Waals surface area contributed by atoms with Crippen molar-refractivity contribution in [3.05, 3.63) is 133 Å². The van der Waals surface area contributed by atoms with Crippen molar-refractivity contribution >= 4 is 94.2 Å². The molecule has 12 rings (SSSR count). The quantitative estimate of drug-likeness (QED) is 0.0375. The van der Waals surface area contributed by atoms with E-state index in [0.717, 1.165) is 139 Å². The SMILES string of the molecule is C.C.COC(OC)c1nc2c(cc1CN1CCN(C)CC1=O)CCCN2C(=O)Nc1cc(CCCSC)c(C#N)cn1.COC(OC)c1nc2c(cc1CN1CCN(C)CC1=O)CCCN2C(=O)Nc1cc(F)c(C#N)cn1.COc1nc2c(cc1CN1CCN(C)CC1=O)CCCN2C(=O)Nc1cc(CCCSC)c(C#N)cn1.[2HH]. The van der Waals surface area contributed by atoms with E-state index < -0.39 is 24.4 Å². The summed E-state index contributed by atoms with van der Waals surface area (Å²) in [6.07, 6.45) is 14.5. The number of aromatic nitrogens is 6. The van der Waals surface area contributed by atoms with Gasteiger partial charge in [0.25, 0.3) is 0 Å². The van der Waals surface area contributed by atoms with Gasteiger partial charge in [-0.25, -0.2) is 43.7 Å². The highest BCUT2D eigenvalue weighted by molar-refractivity contribution is 7.98. The van der Waals surface area contributed by atoms with Crippen LogP contribution in [0.2, 0.25) is 0 Å². The Morgan fingerprint density at radius 3 is 1.16 bits per heavy atom. The third-order valence-corrected chi connectivity index (χ3v) is 21.5. The second-order valence-corrected chi connectivity index (χ2v) is 30.0. The molecule has 0 saturated carbocycles. The van der Waals surface area contributed by atoms with E-state index in [0.29, 0.717) is 149 Å². The molecule has 0 spiro atoms. The van der Waals surface area contributed by atoms with Crippen LogP contribution in [0.1, 0.15) is 134 Å². The van der Waals surface area contributed by atoms with Crippen LogP contribution in [0.25, 0.3) is 0 Å². The summed E-state index contributed by atoms with van der Waals surface area (Å²) in [5, 5.41) is 36.2. The number of nitrogens with one attached hydrogen (secondary N) is 3. The number of pyridine rings is 6. The molecule has 9 amide bonds. The number of anilines is 6. The van der Waals surface area contributed by atoms with E-state index in [1.165, 1.54) is 45.7 Å². The monoisotopic (exact) mass is 1620 g/mol. The predicted molar refractivity (Wildman–Crippen MR) is 441 cm³/mol. The number of halogens is 1. The number of likely N-dealkylation sites (N-methyl/N-ethyl adjacent to an activating group) is 3. The molecule has 6 aliphatic heterocycles. The number of urea groups is 3. The summed E-state index contributed by atoms with van der Waals surface area (Å²) in [5.74, 6) is 4.14. The summed E-state index contributed by atoms with van der Waals surface area (Å²) in [4.78, 5) is 121. The number of hydrogen-bond donors (Lipinski definition) is 3. The smallest absolute Gasteiger partial charge is 0.328 e. The van der Waals surface area contributed by atoms with Crippen molar-refractivity contribution in [1.82, 2.24) is 59.3 Å². The zero-order valence-electron chi connectivity index (χ0n) is 65.7. The van der Waals surface area contributed by atoms with Crippen LogP contribution in [0.3, 0.4) is 0 Å². The molecule has 32 nitrogen and oxygen atoms in total. The molecule has 0 radical (unpaired) electrons. The van der Waals surface area contributed by atoms with Gasteiger partial charge in [-0.3, -0.25) is 59.7 Å². The highest BCUT2D eigenvalue weighted by Gasteiger charge is 2.35. The van der Waals surface area contributed by atoms with Crippen LogP contribution in [-0.2, 0) is 85.1 Å². The number of amides is 9. The molecular formula is C80H108FN21O11S2. The number of aryl methyl sites for hydroxylation is 5. The molecule has 0 aromatic carbocycles. The molecule has 0 unspecified atom stereocenters. The van der Waals surface area contributed by atoms with Gasteiger partial charge in [0.05, 0.1) is 50.6 Å². The molecular weight excluding hydrogens is 1510 g/mol. The number of carbonyl (C=O) groups excluding carboxylic acids is 6. The van der Waals surface area contributed by atoms with Gasteiger partial charge in [-0.2, -0.15) is 44.3 Å². The summed E-state index contributed by atoms with van der Waals surface area (Å²) in [5.41, 5.74) is 8.81. The molecule has 115 heavy (non-hydrogen) atoms. The molecule has 3 saturated heterocycles. The summed E-state index contributed by atoms with van der Waals surface area (Å²) < 4.78 is 41.7. The lowest BCUT2D eigenvalue weighted by atomic mass is 10.0. The molecule has 6 aromatic heterocycles. The topological polar surface area (TPSA) is 363 Å². The van der Waals surface area contributed by atoms with Crippen LogP contribution in [-0.4, -0.2) is 254 Å². The molecule has 0 bridgehead atoms. The number of nitrogens with zero attached hydrogens (tertiary/aromatic N) is 18. The normalized spacial score (nSPS) is 15.6. The van der Waals surface area contributed by atoms with Gasteiger partial charge in [-0.1, -0.05) is 14.9 Å². The third kappa shape index (κ3) is 23.1. The zero-order chi connectivity index (χ0) is 80.8. The number of piperazine rings is 3. The van der Waals surface area contributed by atoms with Crippen molar-refractivity contribution in [3.8, 4) is 24.1 Å². The van der Waals surface area contributed by atoms with Gasteiger partial charge in [0.2, 0.25) is 36.2 Å². The molecule has 6 aromatic rings. The first-order chi connectivity index (χ1) is 54.6. The first-order valence-corrected chi connectivity index (χ1v) is 40.1. The van der Waals surface area contributed by atoms with E-state index in [1.54, 1.807) is 63.5 Å². The average Bonchev–Trinajstić information content (AvgIpc) is 0.786. The van der Waals surface area contributed by atoms with Crippen molar-refractivity contribution < 1.29 is 58.3 Å². The Morgan fingerprint density at radius 1 is 0.487 bits per heavy atom. The summed E-state index contributed by atoms with van der Waals surface area (Å²) in [6.45, 7) is 7.98. The minimum Gasteiger partial charge on any atom is -0.481 e. The number of fused-ring (bicyclic) bond motifs is 3. The Balaban J connectivity index is 0.000000238. The average molecular weight is 1620 g/mol. The second-order valence-electron chi connectivity index (χ2n) is 28.0. The molecule has 12 heterocycles. The van der Waals surface area contributed by atoms with E-state index in [2.05, 4.69) is 55.6 Å². The Labute approximate surface area is 682 Å². The highest BCUT2D eigenvalue weighted by atomic mass is 32.2. The van der Waals surface area contributed by atoms with Crippen LogP contribution >= 0.6 is 23.5 Å². The number of thioether (sulfide) groups is 2. The lowest BCUT2D eigenvalue weighted by Gasteiger charge is -2.34. The van der Waals surface area contributed by atoms with Gasteiger partial charge in [-0.05, 0) is 179 Å². The lowest BCUT2D eigenvalue weighted by molar-refractivity contribution is -0.137. The molecule has 6 aliphatic rings. The predicted octanol–water partition coefficient (Wildman–Crippen LogP) is 9.66. The van der Waals surface area contributed by atoms with Gasteiger partial charge in [0.15, 0.2) is 0 Å². The van der Waals surface area contributed by atoms with Crippen molar-refractivity contribution in [2.75, 3.05) is 190 Å². The van der Waals surface area contributed by atoms with Crippen molar-refractivity contribution in [1.29, 1.82) is 15.8 Å². The Morgan fingerprint density at radius 2 is 0.826 bits per heavy atom. The van der Waals surface area contributed by atoms with E-state index >= 15 is 0 Å². The van der Waals surface area contributed by atoms with Crippen LogP contribution in [0, 0.1) is 39.8 Å². The summed E-state index contributed by atoms with van der Waals surface area (Å²) >= 11 is 3.52. The molecule has 0 atom stereocenters. The fourth-order valence-electron chi connectivity index (χ4n) is 14.1.